The molecule has 120 valence electrons. The molecule has 1 aromatic rings. The van der Waals surface area contributed by atoms with E-state index in [1.807, 2.05) is 0 Å². The van der Waals surface area contributed by atoms with Crippen molar-refractivity contribution in [2.24, 2.45) is 5.92 Å². The third-order valence-corrected chi connectivity index (χ3v) is 4.39. The quantitative estimate of drug-likeness (QED) is 0.552. The minimum atomic E-state index is -0.296. The molecule has 0 spiro atoms. The highest BCUT2D eigenvalue weighted by molar-refractivity contribution is 5.93. The Bertz CT molecular complexity index is 494. The number of aliphatic hydroxyl groups excluding tert-OH is 1. The second-order valence-corrected chi connectivity index (χ2v) is 6.26. The van der Waals surface area contributed by atoms with Crippen molar-refractivity contribution in [3.05, 3.63) is 24.3 Å². The lowest BCUT2D eigenvalue weighted by Gasteiger charge is -2.34. The first-order valence-electron chi connectivity index (χ1n) is 7.94. The molecule has 2 aliphatic carbocycles. The van der Waals surface area contributed by atoms with Crippen molar-refractivity contribution in [1.82, 2.24) is 26.1 Å². The van der Waals surface area contributed by atoms with Crippen LogP contribution in [0.3, 0.4) is 0 Å². The third-order valence-electron chi connectivity index (χ3n) is 4.39. The van der Waals surface area contributed by atoms with Gasteiger partial charge in [0.15, 0.2) is 0 Å². The summed E-state index contributed by atoms with van der Waals surface area (Å²) in [5, 5.41) is 13.5. The predicted octanol–water partition coefficient (Wildman–Crippen LogP) is -0.00740. The van der Waals surface area contributed by atoms with E-state index in [0.29, 0.717) is 5.56 Å². The van der Waals surface area contributed by atoms with Crippen molar-refractivity contribution in [3.8, 4) is 0 Å². The maximum atomic E-state index is 11.9. The molecule has 0 aliphatic heterocycles. The fraction of sp³-hybridized carbons (Fsp3) is 0.667. The number of hydrogen-bond donors (Lipinski definition) is 4. The molecule has 0 radical (unpaired) electrons. The van der Waals surface area contributed by atoms with E-state index in [1.54, 1.807) is 0 Å². The highest BCUT2D eigenvalue weighted by Gasteiger charge is 2.31. The minimum Gasteiger partial charge on any atom is -0.392 e. The molecule has 0 unspecified atom stereocenters. The van der Waals surface area contributed by atoms with E-state index >= 15 is 0 Å². The van der Waals surface area contributed by atoms with Crippen LogP contribution in [-0.4, -0.2) is 45.7 Å². The fourth-order valence-electron chi connectivity index (χ4n) is 2.80. The number of aromatic nitrogens is 2. The zero-order valence-corrected chi connectivity index (χ0v) is 12.5. The van der Waals surface area contributed by atoms with E-state index in [0.717, 1.165) is 31.7 Å². The highest BCUT2D eigenvalue weighted by Crippen LogP contribution is 2.28. The van der Waals surface area contributed by atoms with E-state index < -0.39 is 0 Å². The topological polar surface area (TPSA) is 99.2 Å². The predicted molar refractivity (Wildman–Crippen MR) is 80.8 cm³/mol. The monoisotopic (exact) mass is 305 g/mol. The summed E-state index contributed by atoms with van der Waals surface area (Å²) in [5.74, 6) is 0.549. The van der Waals surface area contributed by atoms with Gasteiger partial charge in [-0.25, -0.2) is 15.4 Å². The Hall–Kier alpha value is -1.57. The van der Waals surface area contributed by atoms with E-state index in [-0.39, 0.29) is 24.1 Å². The molecule has 0 saturated heterocycles. The van der Waals surface area contributed by atoms with Crippen LogP contribution in [0.2, 0.25) is 0 Å². The van der Waals surface area contributed by atoms with Crippen LogP contribution in [0.4, 0.5) is 0 Å². The van der Waals surface area contributed by atoms with Gasteiger partial charge in [0.25, 0.3) is 5.91 Å². The second kappa shape index (κ2) is 7.13. The molecule has 3 rings (SSSR count). The number of nitrogens with one attached hydrogen (secondary N) is 3. The number of hydrazine groups is 1. The number of carbonyl (C=O) groups is 1. The molecule has 2 saturated carbocycles. The van der Waals surface area contributed by atoms with Crippen LogP contribution < -0.4 is 16.2 Å². The van der Waals surface area contributed by atoms with E-state index in [2.05, 4.69) is 26.1 Å². The van der Waals surface area contributed by atoms with Crippen molar-refractivity contribution in [2.45, 2.75) is 50.3 Å². The van der Waals surface area contributed by atoms with Crippen LogP contribution in [0.5, 0.6) is 0 Å². The average Bonchev–Trinajstić information content (AvgIpc) is 3.37. The first kappa shape index (κ1) is 15.3. The summed E-state index contributed by atoms with van der Waals surface area (Å²) >= 11 is 0. The van der Waals surface area contributed by atoms with Crippen molar-refractivity contribution in [3.63, 3.8) is 0 Å². The number of rotatable bonds is 6. The van der Waals surface area contributed by atoms with Gasteiger partial charge in [0, 0.05) is 24.5 Å². The van der Waals surface area contributed by atoms with Crippen LogP contribution in [0.15, 0.2) is 18.7 Å². The molecule has 1 amide bonds. The van der Waals surface area contributed by atoms with Gasteiger partial charge in [-0.3, -0.25) is 10.2 Å². The van der Waals surface area contributed by atoms with Crippen LogP contribution in [0.25, 0.3) is 0 Å². The van der Waals surface area contributed by atoms with Gasteiger partial charge in [0.05, 0.1) is 11.7 Å². The smallest absolute Gasteiger partial charge is 0.268 e. The van der Waals surface area contributed by atoms with Gasteiger partial charge in [0.2, 0.25) is 0 Å². The molecule has 7 heteroatoms. The van der Waals surface area contributed by atoms with Gasteiger partial charge in [0.1, 0.15) is 6.33 Å². The molecule has 2 aliphatic rings. The van der Waals surface area contributed by atoms with Gasteiger partial charge >= 0.3 is 0 Å². The zero-order chi connectivity index (χ0) is 15.4. The Balaban J connectivity index is 1.44. The molecule has 0 bridgehead atoms. The van der Waals surface area contributed by atoms with Gasteiger partial charge in [-0.2, -0.15) is 0 Å². The molecule has 22 heavy (non-hydrogen) atoms. The number of aliphatic hydroxyl groups is 1. The van der Waals surface area contributed by atoms with Crippen LogP contribution in [0.1, 0.15) is 42.5 Å². The van der Waals surface area contributed by atoms with E-state index in [1.165, 1.54) is 31.6 Å². The van der Waals surface area contributed by atoms with Gasteiger partial charge in [-0.15, -0.1) is 0 Å². The van der Waals surface area contributed by atoms with E-state index in [9.17, 15) is 9.90 Å². The summed E-state index contributed by atoms with van der Waals surface area (Å²) in [4.78, 5) is 19.6. The summed E-state index contributed by atoms with van der Waals surface area (Å²) in [6.07, 6.45) is 9.04. The van der Waals surface area contributed by atoms with Gasteiger partial charge in [-0.1, -0.05) is 0 Å². The largest absolute Gasteiger partial charge is 0.392 e. The molecule has 2 fully saturated rings. The number of hydrogen-bond acceptors (Lipinski definition) is 6. The standard InChI is InChI=1S/C15H23N5O2/c21-14-4-3-12(5-13(14)18-6-10-1-2-10)19-20-15(22)11-7-16-9-17-8-11/h7-10,12-14,18-19,21H,1-6H2,(H,20,22)/t12-,13-,14-/m1/s1. The summed E-state index contributed by atoms with van der Waals surface area (Å²) in [5.41, 5.74) is 6.20. The second-order valence-electron chi connectivity index (χ2n) is 6.26. The van der Waals surface area contributed by atoms with Crippen molar-refractivity contribution in [1.29, 1.82) is 0 Å². The number of carbonyl (C=O) groups excluding carboxylic acids is 1. The molecule has 7 nitrogen and oxygen atoms in total. The number of amides is 1. The molecule has 1 heterocycles. The zero-order valence-electron chi connectivity index (χ0n) is 12.5. The van der Waals surface area contributed by atoms with Crippen LogP contribution >= 0.6 is 0 Å². The summed E-state index contributed by atoms with van der Waals surface area (Å²) in [7, 11) is 0. The Morgan fingerprint density at radius 3 is 2.73 bits per heavy atom. The molecule has 4 N–H and O–H groups in total. The van der Waals surface area contributed by atoms with Crippen LogP contribution in [0, 0.1) is 5.92 Å². The highest BCUT2D eigenvalue weighted by atomic mass is 16.3. The summed E-state index contributed by atoms with van der Waals surface area (Å²) in [6.45, 7) is 0.988. The van der Waals surface area contributed by atoms with E-state index in [4.69, 9.17) is 0 Å². The summed E-state index contributed by atoms with van der Waals surface area (Å²) in [6, 6.07) is 0.262. The lowest BCUT2D eigenvalue weighted by Crippen LogP contribution is -2.53. The first-order chi connectivity index (χ1) is 10.7. The van der Waals surface area contributed by atoms with Gasteiger partial charge in [-0.05, 0) is 44.6 Å². The maximum absolute atomic E-state index is 11.9. The Morgan fingerprint density at radius 2 is 2.00 bits per heavy atom. The Kier molecular flexibility index (Phi) is 4.97. The normalized spacial score (nSPS) is 28.3. The minimum absolute atomic E-state index is 0.101. The Morgan fingerprint density at radius 1 is 1.23 bits per heavy atom. The van der Waals surface area contributed by atoms with Crippen molar-refractivity contribution in [2.75, 3.05) is 6.54 Å². The lowest BCUT2D eigenvalue weighted by atomic mass is 9.89. The third kappa shape index (κ3) is 4.22. The fourth-order valence-corrected chi connectivity index (χ4v) is 2.80. The number of nitrogens with zero attached hydrogens (tertiary/aromatic N) is 2. The SMILES string of the molecule is O=C(NN[C@@H]1CC[C@@H](O)[C@H](NCC2CC2)C1)c1cncnc1. The van der Waals surface area contributed by atoms with Crippen molar-refractivity contribution < 1.29 is 9.90 Å². The first-order valence-corrected chi connectivity index (χ1v) is 7.94. The molecule has 3 atom stereocenters. The molecule has 0 aromatic carbocycles. The molecular formula is C15H23N5O2. The maximum Gasteiger partial charge on any atom is 0.268 e. The van der Waals surface area contributed by atoms with Gasteiger partial charge < -0.3 is 10.4 Å². The van der Waals surface area contributed by atoms with Crippen LogP contribution in [-0.2, 0) is 0 Å². The lowest BCUT2D eigenvalue weighted by molar-refractivity contribution is 0.0716. The summed E-state index contributed by atoms with van der Waals surface area (Å²) < 4.78 is 0. The molecule has 1 aromatic heterocycles. The molecular weight excluding hydrogens is 282 g/mol. The average molecular weight is 305 g/mol. The Labute approximate surface area is 129 Å². The van der Waals surface area contributed by atoms with Crippen molar-refractivity contribution >= 4 is 5.91 Å².